The van der Waals surface area contributed by atoms with Crippen LogP contribution < -0.4 is 5.73 Å². The Bertz CT molecular complexity index is 1000. The second-order valence-corrected chi connectivity index (χ2v) is 8.47. The summed E-state index contributed by atoms with van der Waals surface area (Å²) in [4.78, 5) is 9.02. The van der Waals surface area contributed by atoms with Gasteiger partial charge in [0, 0.05) is 37.1 Å². The van der Waals surface area contributed by atoms with Crippen LogP contribution in [0.5, 0.6) is 0 Å². The summed E-state index contributed by atoms with van der Waals surface area (Å²) < 4.78 is 76.2. The predicted molar refractivity (Wildman–Crippen MR) is 114 cm³/mol. The maximum atomic E-state index is 12.8. The molecule has 190 valence electrons. The first kappa shape index (κ1) is 30.5. The van der Waals surface area contributed by atoms with E-state index in [-0.39, 0.29) is 20.1 Å². The monoisotopic (exact) mass is 576 g/mol. The molecular weight excluding hydrogens is 564 g/mol. The maximum absolute atomic E-state index is 12.8. The van der Waals surface area contributed by atoms with E-state index in [9.17, 15) is 46.7 Å². The van der Waals surface area contributed by atoms with Crippen LogP contribution in [-0.4, -0.2) is 40.6 Å². The molecule has 0 saturated carbocycles. The number of nitrogens with zero attached hydrogens (tertiary/aromatic N) is 1. The van der Waals surface area contributed by atoms with Gasteiger partial charge in [0.15, 0.2) is 5.60 Å². The van der Waals surface area contributed by atoms with Crippen molar-refractivity contribution >= 4 is 46.4 Å². The molecule has 4 N–H and O–H groups in total. The van der Waals surface area contributed by atoms with Gasteiger partial charge in [-0.25, -0.2) is 0 Å². The van der Waals surface area contributed by atoms with Gasteiger partial charge in [-0.15, -0.1) is 0 Å². The number of hydrogen-bond acceptors (Lipinski definition) is 5. The van der Waals surface area contributed by atoms with Crippen molar-refractivity contribution in [2.24, 2.45) is 5.73 Å². The summed E-state index contributed by atoms with van der Waals surface area (Å²) in [5.41, 5.74) is -3.05. The number of nitrogens with two attached hydrogens (primary N) is 1. The first-order valence-electron chi connectivity index (χ1n) is 8.60. The number of aliphatic hydroxyl groups is 2. The molecule has 0 heterocycles. The molecule has 2 aromatic rings. The highest BCUT2D eigenvalue weighted by Crippen LogP contribution is 2.41. The second-order valence-electron chi connectivity index (χ2n) is 6.73. The molecule has 2 aromatic carbocycles. The fraction of sp³-hybridized carbons (Fsp3) is 0.333. The molecule has 0 spiro atoms. The molecule has 0 radical (unpaired) electrons. The Balaban J connectivity index is 0.000000342. The molecule has 34 heavy (non-hydrogen) atoms. The van der Waals surface area contributed by atoms with E-state index in [2.05, 4.69) is 0 Å². The Morgan fingerprint density at radius 3 is 1.26 bits per heavy atom. The van der Waals surface area contributed by atoms with Crippen molar-refractivity contribution in [2.45, 2.75) is 23.6 Å². The lowest BCUT2D eigenvalue weighted by atomic mass is 9.93. The summed E-state index contributed by atoms with van der Waals surface area (Å²) in [7, 11) is 0. The van der Waals surface area contributed by atoms with Crippen molar-refractivity contribution in [3.05, 3.63) is 77.7 Å². The minimum atomic E-state index is -5.23. The first-order chi connectivity index (χ1) is 15.3. The fourth-order valence-corrected chi connectivity index (χ4v) is 3.57. The summed E-state index contributed by atoms with van der Waals surface area (Å²) in [5, 5.41) is 29.0. The van der Waals surface area contributed by atoms with Crippen LogP contribution in [0.1, 0.15) is 11.1 Å². The first-order valence-corrected chi connectivity index (χ1v) is 10.1. The minimum Gasteiger partial charge on any atom is -0.375 e. The molecule has 0 aliphatic heterocycles. The van der Waals surface area contributed by atoms with E-state index in [0.29, 0.717) is 0 Å². The summed E-state index contributed by atoms with van der Waals surface area (Å²) in [6.07, 6.45) is -10.1. The summed E-state index contributed by atoms with van der Waals surface area (Å²) in [6, 6.07) is 5.94. The third-order valence-corrected chi connectivity index (χ3v) is 5.14. The number of halogens is 10. The van der Waals surface area contributed by atoms with E-state index < -0.39 is 52.7 Å². The van der Waals surface area contributed by atoms with Gasteiger partial charge >= 0.3 is 12.4 Å². The van der Waals surface area contributed by atoms with Gasteiger partial charge in [0.1, 0.15) is 0 Å². The average molecular weight is 578 g/mol. The maximum Gasteiger partial charge on any atom is 0.428 e. The number of alkyl halides is 6. The zero-order chi connectivity index (χ0) is 26.7. The van der Waals surface area contributed by atoms with E-state index in [0.717, 1.165) is 30.3 Å². The molecule has 0 saturated heterocycles. The van der Waals surface area contributed by atoms with E-state index in [1.807, 2.05) is 0 Å². The van der Waals surface area contributed by atoms with Gasteiger partial charge in [-0.2, -0.15) is 26.3 Å². The van der Waals surface area contributed by atoms with Crippen LogP contribution in [0.4, 0.5) is 26.3 Å². The number of rotatable bonds is 5. The highest BCUT2D eigenvalue weighted by molar-refractivity contribution is 6.35. The summed E-state index contributed by atoms with van der Waals surface area (Å²) in [6.45, 7) is -2.74. The van der Waals surface area contributed by atoms with Gasteiger partial charge in [-0.3, -0.25) is 10.1 Å². The third-order valence-electron chi connectivity index (χ3n) is 4.27. The van der Waals surface area contributed by atoms with Gasteiger partial charge in [-0.05, 0) is 42.0 Å². The van der Waals surface area contributed by atoms with Crippen molar-refractivity contribution in [3.63, 3.8) is 0 Å². The largest absolute Gasteiger partial charge is 0.428 e. The minimum absolute atomic E-state index is 0.00127. The van der Waals surface area contributed by atoms with Crippen molar-refractivity contribution in [1.29, 1.82) is 0 Å². The Hall–Kier alpha value is -1.54. The average Bonchev–Trinajstić information content (AvgIpc) is 2.63. The SMILES string of the molecule is NCC(O)(c1cc(Cl)cc(Cl)c1)C(F)(F)F.O=[N+]([O-])CC(O)(c1cc(Cl)cc(Cl)c1)C(F)(F)F. The zero-order valence-corrected chi connectivity index (χ0v) is 19.4. The van der Waals surface area contributed by atoms with E-state index in [1.165, 1.54) is 6.07 Å². The number of nitro groups is 1. The molecule has 0 amide bonds. The van der Waals surface area contributed by atoms with Crippen LogP contribution in [0.2, 0.25) is 20.1 Å². The van der Waals surface area contributed by atoms with Crippen molar-refractivity contribution in [3.8, 4) is 0 Å². The fourth-order valence-electron chi connectivity index (χ4n) is 2.51. The third kappa shape index (κ3) is 7.23. The molecule has 0 bridgehead atoms. The smallest absolute Gasteiger partial charge is 0.375 e. The van der Waals surface area contributed by atoms with Gasteiger partial charge in [0.2, 0.25) is 6.54 Å². The lowest BCUT2D eigenvalue weighted by Crippen LogP contribution is -2.48. The number of benzene rings is 2. The van der Waals surface area contributed by atoms with Crippen molar-refractivity contribution < 1.29 is 41.5 Å². The zero-order valence-electron chi connectivity index (χ0n) is 16.4. The Labute approximate surface area is 207 Å². The van der Waals surface area contributed by atoms with Crippen LogP contribution in [0.25, 0.3) is 0 Å². The topological polar surface area (TPSA) is 110 Å². The van der Waals surface area contributed by atoms with Crippen LogP contribution in [0.15, 0.2) is 36.4 Å². The molecule has 2 unspecified atom stereocenters. The van der Waals surface area contributed by atoms with Gasteiger partial charge in [-0.1, -0.05) is 46.4 Å². The van der Waals surface area contributed by atoms with Crippen LogP contribution >= 0.6 is 46.4 Å². The van der Waals surface area contributed by atoms with Gasteiger partial charge in [0.25, 0.3) is 5.60 Å². The molecule has 2 rings (SSSR count). The highest BCUT2D eigenvalue weighted by Gasteiger charge is 2.59. The van der Waals surface area contributed by atoms with Crippen LogP contribution in [0, 0.1) is 10.1 Å². The normalized spacial score (nSPS) is 15.6. The lowest BCUT2D eigenvalue weighted by Gasteiger charge is -2.29. The molecular formula is C18H14Cl4F6N2O4. The molecule has 0 aromatic heterocycles. The quantitative estimate of drug-likeness (QED) is 0.239. The molecule has 0 aliphatic carbocycles. The molecule has 0 fully saturated rings. The lowest BCUT2D eigenvalue weighted by molar-refractivity contribution is -0.519. The molecule has 6 nitrogen and oxygen atoms in total. The van der Waals surface area contributed by atoms with Crippen LogP contribution in [-0.2, 0) is 11.2 Å². The van der Waals surface area contributed by atoms with Gasteiger partial charge in [0.05, 0.1) is 0 Å². The Kier molecular flexibility index (Phi) is 9.88. The van der Waals surface area contributed by atoms with E-state index in [1.54, 1.807) is 0 Å². The van der Waals surface area contributed by atoms with E-state index in [4.69, 9.17) is 52.1 Å². The predicted octanol–water partition coefficient (Wildman–Crippen LogP) is 5.72. The number of hydrogen-bond donors (Lipinski definition) is 3. The Morgan fingerprint density at radius 1 is 0.735 bits per heavy atom. The highest BCUT2D eigenvalue weighted by atomic mass is 35.5. The molecule has 16 heteroatoms. The van der Waals surface area contributed by atoms with Gasteiger partial charge < -0.3 is 15.9 Å². The molecule has 2 atom stereocenters. The summed E-state index contributed by atoms with van der Waals surface area (Å²) >= 11 is 22.1. The van der Waals surface area contributed by atoms with E-state index >= 15 is 0 Å². The van der Waals surface area contributed by atoms with Crippen LogP contribution in [0.3, 0.4) is 0 Å². The van der Waals surface area contributed by atoms with Crippen molar-refractivity contribution in [2.75, 3.05) is 13.1 Å². The standard InChI is InChI=1S/C9H6Cl2F3NO3.C9H8Cl2F3NO/c10-6-1-5(2-7(11)3-6)8(16,4-15(17)18)9(12,13)14;10-6-1-5(2-7(11)3-6)8(16,4-15)9(12,13)14/h1-3,16H,4H2;1-3,16H,4,15H2. The summed E-state index contributed by atoms with van der Waals surface area (Å²) in [5.74, 6) is 0. The van der Waals surface area contributed by atoms with Crippen molar-refractivity contribution in [1.82, 2.24) is 0 Å². The molecule has 0 aliphatic rings. The Morgan fingerprint density at radius 2 is 1.03 bits per heavy atom. The second kappa shape index (κ2) is 11.0.